The largest absolute Gasteiger partial charge is 0.396 e. The molecule has 8 nitrogen and oxygen atoms in total. The normalized spacial score (nSPS) is 10.7. The summed E-state index contributed by atoms with van der Waals surface area (Å²) in [5.74, 6) is 0.418. The van der Waals surface area contributed by atoms with Crippen molar-refractivity contribution < 1.29 is 4.79 Å². The minimum atomic E-state index is -0.155. The van der Waals surface area contributed by atoms with Crippen LogP contribution in [0.2, 0.25) is 0 Å². The van der Waals surface area contributed by atoms with Gasteiger partial charge in [-0.15, -0.1) is 0 Å². The van der Waals surface area contributed by atoms with E-state index >= 15 is 0 Å². The van der Waals surface area contributed by atoms with Gasteiger partial charge in [0.25, 0.3) is 0 Å². The molecule has 8 heteroatoms. The van der Waals surface area contributed by atoms with Crippen molar-refractivity contribution in [2.75, 3.05) is 5.73 Å². The number of amides is 1. The van der Waals surface area contributed by atoms with E-state index in [2.05, 4.69) is 20.5 Å². The Hall–Kier alpha value is -2.38. The van der Waals surface area contributed by atoms with Crippen LogP contribution in [0.5, 0.6) is 0 Å². The lowest BCUT2D eigenvalue weighted by Crippen LogP contribution is -2.28. The number of nitrogens with zero attached hydrogens (tertiary/aromatic N) is 5. The topological polar surface area (TPSA) is 104 Å². The fourth-order valence-corrected chi connectivity index (χ4v) is 1.70. The van der Waals surface area contributed by atoms with Crippen molar-refractivity contribution >= 4 is 11.6 Å². The number of rotatable bonds is 4. The van der Waals surface area contributed by atoms with Crippen LogP contribution in [0.1, 0.15) is 17.2 Å². The Labute approximate surface area is 110 Å². The zero-order chi connectivity index (χ0) is 14.0. The van der Waals surface area contributed by atoms with Gasteiger partial charge in [0.2, 0.25) is 5.91 Å². The third kappa shape index (κ3) is 2.90. The smallest absolute Gasteiger partial charge is 0.242 e. The third-order valence-corrected chi connectivity index (χ3v) is 2.82. The molecule has 0 saturated carbocycles. The van der Waals surface area contributed by atoms with Gasteiger partial charge in [0, 0.05) is 7.05 Å². The van der Waals surface area contributed by atoms with Crippen molar-refractivity contribution in [2.24, 2.45) is 7.05 Å². The molecule has 2 rings (SSSR count). The maximum absolute atomic E-state index is 11.8. The number of anilines is 1. The van der Waals surface area contributed by atoms with Crippen LogP contribution in [-0.2, 0) is 24.9 Å². The molecule has 0 bridgehead atoms. The summed E-state index contributed by atoms with van der Waals surface area (Å²) in [6.07, 6.45) is 1.59. The van der Waals surface area contributed by atoms with E-state index < -0.39 is 0 Å². The molecule has 0 fully saturated rings. The SMILES string of the molecule is Cc1nn(CC(=O)NCc2ncn(C)n2)c(C)c1N. The molecular weight excluding hydrogens is 246 g/mol. The van der Waals surface area contributed by atoms with Crippen LogP contribution < -0.4 is 11.1 Å². The summed E-state index contributed by atoms with van der Waals surface area (Å²) in [6.45, 7) is 4.09. The van der Waals surface area contributed by atoms with Gasteiger partial charge in [-0.3, -0.25) is 14.2 Å². The van der Waals surface area contributed by atoms with E-state index in [9.17, 15) is 4.79 Å². The molecule has 19 heavy (non-hydrogen) atoms. The summed E-state index contributed by atoms with van der Waals surface area (Å²) in [7, 11) is 1.77. The molecule has 0 aliphatic heterocycles. The van der Waals surface area contributed by atoms with Crippen molar-refractivity contribution in [3.05, 3.63) is 23.5 Å². The lowest BCUT2D eigenvalue weighted by atomic mass is 10.3. The first-order chi connectivity index (χ1) is 8.97. The van der Waals surface area contributed by atoms with E-state index in [-0.39, 0.29) is 12.5 Å². The van der Waals surface area contributed by atoms with Crippen LogP contribution in [-0.4, -0.2) is 30.5 Å². The van der Waals surface area contributed by atoms with Gasteiger partial charge in [0.05, 0.1) is 23.6 Å². The molecule has 0 aliphatic rings. The van der Waals surface area contributed by atoms with Crippen LogP contribution in [0.25, 0.3) is 0 Å². The van der Waals surface area contributed by atoms with Crippen molar-refractivity contribution in [3.63, 3.8) is 0 Å². The van der Waals surface area contributed by atoms with Gasteiger partial charge in [-0.1, -0.05) is 0 Å². The fraction of sp³-hybridized carbons (Fsp3) is 0.455. The Morgan fingerprint density at radius 2 is 2.16 bits per heavy atom. The average Bonchev–Trinajstić information content (AvgIpc) is 2.88. The predicted octanol–water partition coefficient (Wildman–Crippen LogP) is -0.473. The Balaban J connectivity index is 1.92. The number of nitrogens with two attached hydrogens (primary N) is 1. The van der Waals surface area contributed by atoms with Crippen LogP contribution in [0.4, 0.5) is 5.69 Å². The number of nitrogens with one attached hydrogen (secondary N) is 1. The molecule has 2 aromatic rings. The first-order valence-electron chi connectivity index (χ1n) is 5.88. The Bertz CT molecular complexity index is 598. The van der Waals surface area contributed by atoms with E-state index in [1.165, 1.54) is 0 Å². The monoisotopic (exact) mass is 263 g/mol. The molecule has 0 spiro atoms. The minimum Gasteiger partial charge on any atom is -0.396 e. The second-order valence-electron chi connectivity index (χ2n) is 4.35. The Morgan fingerprint density at radius 1 is 1.42 bits per heavy atom. The van der Waals surface area contributed by atoms with Gasteiger partial charge in [-0.25, -0.2) is 4.98 Å². The summed E-state index contributed by atoms with van der Waals surface area (Å²) in [4.78, 5) is 15.8. The standard InChI is InChI=1S/C11H17N7O/c1-7-11(12)8(2)18(15-7)5-10(19)13-4-9-14-6-17(3)16-9/h6H,4-5,12H2,1-3H3,(H,13,19). The zero-order valence-corrected chi connectivity index (χ0v) is 11.2. The summed E-state index contributed by atoms with van der Waals surface area (Å²) in [6, 6.07) is 0. The third-order valence-electron chi connectivity index (χ3n) is 2.82. The molecule has 3 N–H and O–H groups in total. The molecule has 2 aromatic heterocycles. The van der Waals surface area contributed by atoms with Gasteiger partial charge in [-0.05, 0) is 13.8 Å². The number of carbonyl (C=O) groups is 1. The number of hydrogen-bond donors (Lipinski definition) is 2. The van der Waals surface area contributed by atoms with E-state index in [0.29, 0.717) is 18.1 Å². The highest BCUT2D eigenvalue weighted by atomic mass is 16.2. The van der Waals surface area contributed by atoms with E-state index in [0.717, 1.165) is 11.4 Å². The summed E-state index contributed by atoms with van der Waals surface area (Å²) in [5.41, 5.74) is 7.96. The lowest BCUT2D eigenvalue weighted by Gasteiger charge is -2.05. The number of aryl methyl sites for hydroxylation is 2. The summed E-state index contributed by atoms with van der Waals surface area (Å²) < 4.78 is 3.18. The van der Waals surface area contributed by atoms with Crippen LogP contribution in [0, 0.1) is 13.8 Å². The second-order valence-corrected chi connectivity index (χ2v) is 4.35. The Kier molecular flexibility index (Phi) is 3.50. The van der Waals surface area contributed by atoms with Crippen molar-refractivity contribution in [1.29, 1.82) is 0 Å². The number of hydrogen-bond acceptors (Lipinski definition) is 5. The van der Waals surface area contributed by atoms with Gasteiger partial charge in [0.1, 0.15) is 12.9 Å². The van der Waals surface area contributed by atoms with Crippen molar-refractivity contribution in [1.82, 2.24) is 29.9 Å². The number of aromatic nitrogens is 5. The fourth-order valence-electron chi connectivity index (χ4n) is 1.70. The Morgan fingerprint density at radius 3 is 2.68 bits per heavy atom. The lowest BCUT2D eigenvalue weighted by molar-refractivity contribution is -0.122. The van der Waals surface area contributed by atoms with E-state index in [1.54, 1.807) is 22.7 Å². The molecule has 0 aromatic carbocycles. The maximum Gasteiger partial charge on any atom is 0.242 e. The van der Waals surface area contributed by atoms with E-state index in [4.69, 9.17) is 5.73 Å². The minimum absolute atomic E-state index is 0.136. The first-order valence-corrected chi connectivity index (χ1v) is 5.88. The second kappa shape index (κ2) is 5.09. The van der Waals surface area contributed by atoms with Crippen LogP contribution in [0.15, 0.2) is 6.33 Å². The molecule has 0 atom stereocenters. The molecule has 0 unspecified atom stereocenters. The average molecular weight is 263 g/mol. The highest BCUT2D eigenvalue weighted by Gasteiger charge is 2.11. The zero-order valence-electron chi connectivity index (χ0n) is 11.2. The molecular formula is C11H17N7O. The van der Waals surface area contributed by atoms with Gasteiger partial charge in [-0.2, -0.15) is 10.2 Å². The quantitative estimate of drug-likeness (QED) is 0.776. The van der Waals surface area contributed by atoms with Crippen molar-refractivity contribution in [2.45, 2.75) is 26.9 Å². The number of nitrogen functional groups attached to an aromatic ring is 1. The molecule has 1 amide bonds. The summed E-state index contributed by atoms with van der Waals surface area (Å²) >= 11 is 0. The highest BCUT2D eigenvalue weighted by molar-refractivity contribution is 5.75. The van der Waals surface area contributed by atoms with Gasteiger partial charge in [0.15, 0.2) is 5.82 Å². The van der Waals surface area contributed by atoms with Crippen LogP contribution in [0.3, 0.4) is 0 Å². The molecule has 0 aliphatic carbocycles. The van der Waals surface area contributed by atoms with Crippen LogP contribution >= 0.6 is 0 Å². The molecule has 2 heterocycles. The van der Waals surface area contributed by atoms with Crippen molar-refractivity contribution in [3.8, 4) is 0 Å². The number of carbonyl (C=O) groups excluding carboxylic acids is 1. The maximum atomic E-state index is 11.8. The van der Waals surface area contributed by atoms with E-state index in [1.807, 2.05) is 13.8 Å². The first kappa shape index (κ1) is 13.1. The highest BCUT2D eigenvalue weighted by Crippen LogP contribution is 2.14. The predicted molar refractivity (Wildman–Crippen MR) is 69.0 cm³/mol. The van der Waals surface area contributed by atoms with Gasteiger partial charge < -0.3 is 11.1 Å². The molecule has 102 valence electrons. The molecule has 0 radical (unpaired) electrons. The summed E-state index contributed by atoms with van der Waals surface area (Å²) in [5, 5.41) is 11.0. The van der Waals surface area contributed by atoms with Gasteiger partial charge >= 0.3 is 0 Å². The molecule has 0 saturated heterocycles.